The molecular weight excluding hydrogens is 194 g/mol. The molecular formula is C7H17NO4S. The molecule has 0 amide bonds. The Labute approximate surface area is 83.4 Å². The highest BCUT2D eigenvalue weighted by Gasteiger charge is 2.40. The minimum Gasteiger partial charge on any atom is -0.394 e. The number of nitrogens with two attached hydrogens (primary N) is 1. The lowest BCUT2D eigenvalue weighted by molar-refractivity contribution is -0.151. The largest absolute Gasteiger partial charge is 0.394 e. The number of ether oxygens (including phenoxy) is 2. The Morgan fingerprint density at radius 3 is 1.69 bits per heavy atom. The second-order valence-corrected chi connectivity index (χ2v) is 3.08. The third-order valence-corrected chi connectivity index (χ3v) is 1.64. The fourth-order valence-electron chi connectivity index (χ4n) is 1.22. The van der Waals surface area contributed by atoms with E-state index < -0.39 is 18.0 Å². The Balaban J connectivity index is 0.000000671. The van der Waals surface area contributed by atoms with Crippen molar-refractivity contribution in [1.29, 1.82) is 0 Å². The van der Waals surface area contributed by atoms with Crippen LogP contribution in [0.5, 0.6) is 0 Å². The number of rotatable bonds is 2. The van der Waals surface area contributed by atoms with Gasteiger partial charge in [0.05, 0.1) is 13.2 Å². The lowest BCUT2D eigenvalue weighted by atomic mass is 10.2. The molecule has 80 valence electrons. The minimum absolute atomic E-state index is 0.116. The molecule has 1 heterocycles. The van der Waals surface area contributed by atoms with Gasteiger partial charge in [0.2, 0.25) is 0 Å². The van der Waals surface area contributed by atoms with E-state index >= 15 is 0 Å². The van der Waals surface area contributed by atoms with E-state index in [4.69, 9.17) is 19.7 Å². The summed E-state index contributed by atoms with van der Waals surface area (Å²) in [5.74, 6) is -0.680. The zero-order valence-corrected chi connectivity index (χ0v) is 8.70. The fraction of sp³-hybridized carbons (Fsp3) is 1.00. The zero-order valence-electron chi connectivity index (χ0n) is 7.80. The van der Waals surface area contributed by atoms with E-state index in [1.54, 1.807) is 13.8 Å². The molecule has 0 aliphatic carbocycles. The molecule has 0 saturated carbocycles. The number of thiol groups is 1. The Bertz CT molecular complexity index is 130. The highest BCUT2D eigenvalue weighted by atomic mass is 32.1. The molecule has 2 atom stereocenters. The third kappa shape index (κ3) is 3.80. The van der Waals surface area contributed by atoms with Crippen molar-refractivity contribution in [2.45, 2.75) is 31.8 Å². The number of aliphatic hydroxyl groups excluding tert-OH is 2. The average Bonchev–Trinajstić information content (AvgIpc) is 2.44. The molecule has 0 spiro atoms. The van der Waals surface area contributed by atoms with Crippen LogP contribution in [0.1, 0.15) is 13.8 Å². The van der Waals surface area contributed by atoms with E-state index in [0.717, 1.165) is 0 Å². The second kappa shape index (κ2) is 5.79. The Kier molecular flexibility index (Phi) is 5.86. The highest BCUT2D eigenvalue weighted by Crippen LogP contribution is 2.27. The summed E-state index contributed by atoms with van der Waals surface area (Å²) in [5.41, 5.74) is 0. The van der Waals surface area contributed by atoms with Gasteiger partial charge in [0, 0.05) is 0 Å². The van der Waals surface area contributed by atoms with Crippen LogP contribution < -0.4 is 5.14 Å². The van der Waals surface area contributed by atoms with Gasteiger partial charge < -0.3 is 19.7 Å². The quantitative estimate of drug-likeness (QED) is 0.453. The van der Waals surface area contributed by atoms with Gasteiger partial charge in [-0.2, -0.15) is 0 Å². The monoisotopic (exact) mass is 211 g/mol. The van der Waals surface area contributed by atoms with Gasteiger partial charge in [0.15, 0.2) is 5.79 Å². The topological polar surface area (TPSA) is 84.9 Å². The predicted octanol–water partition coefficient (Wildman–Crippen LogP) is -0.719. The molecule has 1 fully saturated rings. The van der Waals surface area contributed by atoms with E-state index in [0.29, 0.717) is 0 Å². The van der Waals surface area contributed by atoms with Gasteiger partial charge in [-0.1, -0.05) is 0 Å². The summed E-state index contributed by atoms with van der Waals surface area (Å²) in [4.78, 5) is 0. The predicted molar refractivity (Wildman–Crippen MR) is 51.2 cm³/mol. The average molecular weight is 211 g/mol. The number of hydrogen-bond donors (Lipinski definition) is 4. The van der Waals surface area contributed by atoms with Crippen molar-refractivity contribution >= 4 is 12.8 Å². The van der Waals surface area contributed by atoms with Crippen molar-refractivity contribution in [3.8, 4) is 0 Å². The molecule has 6 heteroatoms. The van der Waals surface area contributed by atoms with E-state index in [9.17, 15) is 0 Å². The van der Waals surface area contributed by atoms with Gasteiger partial charge in [0.25, 0.3) is 0 Å². The highest BCUT2D eigenvalue weighted by molar-refractivity contribution is 7.77. The van der Waals surface area contributed by atoms with E-state index in [2.05, 4.69) is 18.0 Å². The number of hydrogen-bond acceptors (Lipinski definition) is 6. The smallest absolute Gasteiger partial charge is 0.163 e. The van der Waals surface area contributed by atoms with Crippen LogP contribution in [0.4, 0.5) is 0 Å². The van der Waals surface area contributed by atoms with Gasteiger partial charge in [0.1, 0.15) is 12.2 Å². The van der Waals surface area contributed by atoms with Crippen molar-refractivity contribution in [1.82, 2.24) is 0 Å². The van der Waals surface area contributed by atoms with Crippen LogP contribution in [0, 0.1) is 0 Å². The summed E-state index contributed by atoms with van der Waals surface area (Å²) in [7, 11) is 0. The van der Waals surface area contributed by atoms with E-state index in [1.807, 2.05) is 0 Å². The maximum absolute atomic E-state index is 8.78. The first-order valence-corrected chi connectivity index (χ1v) is 4.44. The summed E-state index contributed by atoms with van der Waals surface area (Å²) in [6, 6.07) is 0. The van der Waals surface area contributed by atoms with Gasteiger partial charge >= 0.3 is 0 Å². The van der Waals surface area contributed by atoms with Crippen molar-refractivity contribution in [3.63, 3.8) is 0 Å². The van der Waals surface area contributed by atoms with Crippen LogP contribution in [0.15, 0.2) is 0 Å². The first-order valence-electron chi connectivity index (χ1n) is 3.92. The zero-order chi connectivity index (χ0) is 10.5. The molecule has 1 aliphatic rings. The van der Waals surface area contributed by atoms with Crippen LogP contribution in [-0.2, 0) is 9.47 Å². The van der Waals surface area contributed by atoms with Crippen molar-refractivity contribution in [2.24, 2.45) is 5.14 Å². The minimum atomic E-state index is -0.680. The Morgan fingerprint density at radius 2 is 1.46 bits per heavy atom. The van der Waals surface area contributed by atoms with Crippen molar-refractivity contribution in [2.75, 3.05) is 13.2 Å². The van der Waals surface area contributed by atoms with Crippen LogP contribution in [0.2, 0.25) is 0 Å². The standard InChI is InChI=1S/C7H14O4.H3NS/c1-7(2)10-5(3-8)6(4-9)11-7;1-2/h5-6,8-9H,3-4H2,1-2H3;2H,1H2. The lowest BCUT2D eigenvalue weighted by Gasteiger charge is -2.16. The number of aliphatic hydroxyl groups is 2. The molecule has 0 aromatic rings. The van der Waals surface area contributed by atoms with Gasteiger partial charge in [-0.05, 0) is 13.8 Å². The van der Waals surface area contributed by atoms with Crippen molar-refractivity contribution < 1.29 is 19.7 Å². The Morgan fingerprint density at radius 1 is 1.15 bits per heavy atom. The van der Waals surface area contributed by atoms with Crippen LogP contribution in [0.3, 0.4) is 0 Å². The van der Waals surface area contributed by atoms with Gasteiger partial charge in [-0.3, -0.25) is 5.14 Å². The molecule has 0 radical (unpaired) electrons. The molecule has 1 aliphatic heterocycles. The first kappa shape index (κ1) is 13.2. The van der Waals surface area contributed by atoms with Gasteiger partial charge in [-0.15, -0.1) is 12.8 Å². The molecule has 1 saturated heterocycles. The summed E-state index contributed by atoms with van der Waals surface area (Å²) in [5, 5.41) is 21.8. The normalized spacial score (nSPS) is 30.9. The fourth-order valence-corrected chi connectivity index (χ4v) is 1.22. The maximum atomic E-state index is 8.78. The molecule has 0 aromatic heterocycles. The lowest BCUT2D eigenvalue weighted by Crippen LogP contribution is -2.29. The van der Waals surface area contributed by atoms with Crippen LogP contribution in [0.25, 0.3) is 0 Å². The molecule has 2 unspecified atom stereocenters. The molecule has 5 nitrogen and oxygen atoms in total. The summed E-state index contributed by atoms with van der Waals surface area (Å²) >= 11 is 3.03. The second-order valence-electron chi connectivity index (χ2n) is 3.08. The molecule has 0 bridgehead atoms. The summed E-state index contributed by atoms with van der Waals surface area (Å²) < 4.78 is 10.5. The molecule has 4 N–H and O–H groups in total. The summed E-state index contributed by atoms with van der Waals surface area (Å²) in [6.07, 6.45) is -0.787. The van der Waals surface area contributed by atoms with Gasteiger partial charge in [-0.25, -0.2) is 0 Å². The first-order chi connectivity index (χ1) is 6.09. The van der Waals surface area contributed by atoms with E-state index in [1.165, 1.54) is 0 Å². The molecule has 13 heavy (non-hydrogen) atoms. The maximum Gasteiger partial charge on any atom is 0.163 e. The van der Waals surface area contributed by atoms with Crippen LogP contribution in [-0.4, -0.2) is 41.4 Å². The summed E-state index contributed by atoms with van der Waals surface area (Å²) in [6.45, 7) is 3.28. The molecule has 0 aromatic carbocycles. The third-order valence-electron chi connectivity index (χ3n) is 1.64. The SMILES string of the molecule is CC1(C)OC(CO)C(CO)O1.NS. The van der Waals surface area contributed by atoms with Crippen molar-refractivity contribution in [3.05, 3.63) is 0 Å². The van der Waals surface area contributed by atoms with E-state index in [-0.39, 0.29) is 13.2 Å². The molecule has 1 rings (SSSR count). The Hall–Kier alpha value is 0.150. The van der Waals surface area contributed by atoms with Crippen LogP contribution >= 0.6 is 12.8 Å².